The van der Waals surface area contributed by atoms with E-state index in [1.807, 2.05) is 0 Å². The number of sulfonamides is 1. The van der Waals surface area contributed by atoms with Gasteiger partial charge in [0.1, 0.15) is 0 Å². The molecule has 0 fully saturated rings. The van der Waals surface area contributed by atoms with Gasteiger partial charge in [-0.2, -0.15) is 0 Å². The fourth-order valence-electron chi connectivity index (χ4n) is 1.21. The molecular weight excluding hydrogens is 244 g/mol. The Morgan fingerprint density at radius 1 is 1.18 bits per heavy atom. The summed E-state index contributed by atoms with van der Waals surface area (Å²) in [4.78, 5) is 9.87. The Labute approximate surface area is 99.9 Å². The van der Waals surface area contributed by atoms with E-state index in [1.54, 1.807) is 20.8 Å². The predicted molar refractivity (Wildman–Crippen MR) is 63.2 cm³/mol. The number of rotatable bonds is 3. The third-order valence-electron chi connectivity index (χ3n) is 1.80. The second kappa shape index (κ2) is 4.42. The zero-order valence-corrected chi connectivity index (χ0v) is 10.6. The lowest BCUT2D eigenvalue weighted by atomic mass is 10.1. The minimum absolute atomic E-state index is 0.0121. The van der Waals surface area contributed by atoms with Crippen molar-refractivity contribution in [2.24, 2.45) is 0 Å². The highest BCUT2D eigenvalue weighted by Gasteiger charge is 2.22. The molecule has 1 aromatic rings. The molecule has 0 heterocycles. The Balaban J connectivity index is 3.05. The van der Waals surface area contributed by atoms with Gasteiger partial charge in [0.2, 0.25) is 10.0 Å². The number of nitro benzene ring substituents is 1. The molecule has 6 nitrogen and oxygen atoms in total. The Morgan fingerprint density at radius 3 is 2.00 bits per heavy atom. The summed E-state index contributed by atoms with van der Waals surface area (Å²) in [6.45, 7) is 5.15. The van der Waals surface area contributed by atoms with Gasteiger partial charge in [-0.1, -0.05) is 0 Å². The molecule has 0 spiro atoms. The lowest BCUT2D eigenvalue weighted by Gasteiger charge is -2.20. The van der Waals surface area contributed by atoms with Gasteiger partial charge in [-0.3, -0.25) is 10.1 Å². The van der Waals surface area contributed by atoms with Crippen molar-refractivity contribution in [2.75, 3.05) is 0 Å². The van der Waals surface area contributed by atoms with E-state index in [-0.39, 0.29) is 10.6 Å². The highest BCUT2D eigenvalue weighted by molar-refractivity contribution is 7.89. The summed E-state index contributed by atoms with van der Waals surface area (Å²) in [6.07, 6.45) is 0. The van der Waals surface area contributed by atoms with Crippen LogP contribution in [0.5, 0.6) is 0 Å². The molecule has 0 atom stereocenters. The highest BCUT2D eigenvalue weighted by Crippen LogP contribution is 2.17. The van der Waals surface area contributed by atoms with Crippen LogP contribution in [0.2, 0.25) is 0 Å². The van der Waals surface area contributed by atoms with Crippen LogP contribution < -0.4 is 4.72 Å². The van der Waals surface area contributed by atoms with E-state index in [9.17, 15) is 18.5 Å². The maximum absolute atomic E-state index is 11.8. The van der Waals surface area contributed by atoms with Gasteiger partial charge in [0.25, 0.3) is 5.69 Å². The molecule has 17 heavy (non-hydrogen) atoms. The molecule has 0 aliphatic carbocycles. The first-order valence-corrected chi connectivity index (χ1v) is 6.38. The number of nitrogens with one attached hydrogen (secondary N) is 1. The lowest BCUT2D eigenvalue weighted by molar-refractivity contribution is -0.384. The van der Waals surface area contributed by atoms with Gasteiger partial charge < -0.3 is 0 Å². The summed E-state index contributed by atoms with van der Waals surface area (Å²) in [7, 11) is -3.63. The van der Waals surface area contributed by atoms with Gasteiger partial charge in [-0.05, 0) is 32.9 Å². The molecule has 0 saturated heterocycles. The third-order valence-corrected chi connectivity index (χ3v) is 3.57. The van der Waals surface area contributed by atoms with Gasteiger partial charge >= 0.3 is 0 Å². The summed E-state index contributed by atoms with van der Waals surface area (Å²) in [5.74, 6) is 0. The lowest BCUT2D eigenvalue weighted by Crippen LogP contribution is -2.40. The molecule has 7 heteroatoms. The van der Waals surface area contributed by atoms with Crippen molar-refractivity contribution >= 4 is 15.7 Å². The van der Waals surface area contributed by atoms with E-state index in [2.05, 4.69) is 4.72 Å². The van der Waals surface area contributed by atoms with Crippen molar-refractivity contribution in [1.82, 2.24) is 4.72 Å². The molecule has 0 saturated carbocycles. The van der Waals surface area contributed by atoms with E-state index in [0.717, 1.165) is 12.1 Å². The quantitative estimate of drug-likeness (QED) is 0.659. The Bertz CT molecular complexity index is 514. The molecule has 0 amide bonds. The molecule has 94 valence electrons. The van der Waals surface area contributed by atoms with Gasteiger partial charge in [0.15, 0.2) is 0 Å². The Kier molecular flexibility index (Phi) is 3.53. The van der Waals surface area contributed by atoms with Crippen LogP contribution in [0.15, 0.2) is 29.2 Å². The summed E-state index contributed by atoms with van der Waals surface area (Å²) in [6, 6.07) is 4.76. The second-order valence-electron chi connectivity index (χ2n) is 4.61. The average Bonchev–Trinajstić information content (AvgIpc) is 2.14. The van der Waals surface area contributed by atoms with Crippen molar-refractivity contribution < 1.29 is 13.3 Å². The predicted octanol–water partition coefficient (Wildman–Crippen LogP) is 1.67. The van der Waals surface area contributed by atoms with Crippen LogP contribution in [0.3, 0.4) is 0 Å². The van der Waals surface area contributed by atoms with Crippen LogP contribution >= 0.6 is 0 Å². The Hall–Kier alpha value is -1.47. The first kappa shape index (κ1) is 13.6. The van der Waals surface area contributed by atoms with Crippen molar-refractivity contribution in [3.63, 3.8) is 0 Å². The number of non-ortho nitro benzene ring substituents is 1. The maximum Gasteiger partial charge on any atom is 0.269 e. The first-order valence-electron chi connectivity index (χ1n) is 4.90. The van der Waals surface area contributed by atoms with Crippen LogP contribution in [0.1, 0.15) is 20.8 Å². The van der Waals surface area contributed by atoms with E-state index >= 15 is 0 Å². The Morgan fingerprint density at radius 2 is 1.65 bits per heavy atom. The smallest absolute Gasteiger partial charge is 0.258 e. The van der Waals surface area contributed by atoms with Crippen LogP contribution in [0, 0.1) is 10.1 Å². The molecule has 0 aromatic heterocycles. The largest absolute Gasteiger partial charge is 0.269 e. The second-order valence-corrected chi connectivity index (χ2v) is 6.29. The van der Waals surface area contributed by atoms with E-state index in [4.69, 9.17) is 0 Å². The highest BCUT2D eigenvalue weighted by atomic mass is 32.2. The summed E-state index contributed by atoms with van der Waals surface area (Å²) in [5, 5.41) is 10.4. The van der Waals surface area contributed by atoms with Crippen molar-refractivity contribution in [3.05, 3.63) is 34.4 Å². The standard InChI is InChI=1S/C10H14N2O4S/c1-10(2,3)11-17(15,16)9-6-4-8(5-7-9)12(13)14/h4-7,11H,1-3H3. The normalized spacial score (nSPS) is 12.4. The van der Waals surface area contributed by atoms with Crippen molar-refractivity contribution in [1.29, 1.82) is 0 Å². The van der Waals surface area contributed by atoms with Gasteiger partial charge in [-0.25, -0.2) is 13.1 Å². The molecule has 1 N–H and O–H groups in total. The number of benzene rings is 1. The van der Waals surface area contributed by atoms with Gasteiger partial charge in [-0.15, -0.1) is 0 Å². The van der Waals surface area contributed by atoms with Crippen LogP contribution in [-0.4, -0.2) is 18.9 Å². The van der Waals surface area contributed by atoms with E-state index in [1.165, 1.54) is 12.1 Å². The first-order chi connectivity index (χ1) is 7.62. The number of nitro groups is 1. The fourth-order valence-corrected chi connectivity index (χ4v) is 2.63. The topological polar surface area (TPSA) is 89.3 Å². The van der Waals surface area contributed by atoms with Gasteiger partial charge in [0, 0.05) is 17.7 Å². The summed E-state index contributed by atoms with van der Waals surface area (Å²) >= 11 is 0. The molecule has 1 aromatic carbocycles. The SMILES string of the molecule is CC(C)(C)NS(=O)(=O)c1ccc([N+](=O)[O-])cc1. The van der Waals surface area contributed by atoms with Crippen LogP contribution in [0.4, 0.5) is 5.69 Å². The number of nitrogens with zero attached hydrogens (tertiary/aromatic N) is 1. The molecule has 0 unspecified atom stereocenters. The average molecular weight is 258 g/mol. The summed E-state index contributed by atoms with van der Waals surface area (Å²) in [5.41, 5.74) is -0.736. The fraction of sp³-hybridized carbons (Fsp3) is 0.400. The van der Waals surface area contributed by atoms with Crippen LogP contribution in [-0.2, 0) is 10.0 Å². The molecular formula is C10H14N2O4S. The zero-order chi connectivity index (χ0) is 13.3. The van der Waals surface area contributed by atoms with Crippen molar-refractivity contribution in [2.45, 2.75) is 31.2 Å². The third kappa shape index (κ3) is 3.79. The van der Waals surface area contributed by atoms with Gasteiger partial charge in [0.05, 0.1) is 9.82 Å². The molecule has 1 rings (SSSR count). The molecule has 0 radical (unpaired) electrons. The molecule has 0 aliphatic rings. The maximum atomic E-state index is 11.8. The van der Waals surface area contributed by atoms with E-state index in [0.29, 0.717) is 0 Å². The molecule has 0 aliphatic heterocycles. The zero-order valence-electron chi connectivity index (χ0n) is 9.80. The van der Waals surface area contributed by atoms with E-state index < -0.39 is 20.5 Å². The number of hydrogen-bond acceptors (Lipinski definition) is 4. The van der Waals surface area contributed by atoms with Crippen LogP contribution in [0.25, 0.3) is 0 Å². The minimum atomic E-state index is -3.63. The summed E-state index contributed by atoms with van der Waals surface area (Å²) < 4.78 is 26.2. The molecule has 0 bridgehead atoms. The number of hydrogen-bond donors (Lipinski definition) is 1. The monoisotopic (exact) mass is 258 g/mol. The van der Waals surface area contributed by atoms with Crippen molar-refractivity contribution in [3.8, 4) is 0 Å². The minimum Gasteiger partial charge on any atom is -0.258 e.